The lowest BCUT2D eigenvalue weighted by Gasteiger charge is -2.18. The molecule has 0 saturated heterocycles. The predicted molar refractivity (Wildman–Crippen MR) is 103 cm³/mol. The summed E-state index contributed by atoms with van der Waals surface area (Å²) in [7, 11) is 3.12. The number of ether oxygens (including phenoxy) is 2. The number of hydrogen-bond donors (Lipinski definition) is 1. The SMILES string of the molecule is CCC(NC(=O)/C=C/c1cccc([N+](=O)[O-])c1)c1ccc(OC)c(OC)c1. The van der Waals surface area contributed by atoms with Gasteiger partial charge in [-0.1, -0.05) is 25.1 Å². The van der Waals surface area contributed by atoms with Crippen molar-refractivity contribution in [3.05, 3.63) is 69.8 Å². The van der Waals surface area contributed by atoms with Crippen molar-refractivity contribution in [3.63, 3.8) is 0 Å². The van der Waals surface area contributed by atoms with Gasteiger partial charge in [0, 0.05) is 18.2 Å². The van der Waals surface area contributed by atoms with Crippen LogP contribution in [0.15, 0.2) is 48.5 Å². The van der Waals surface area contributed by atoms with Crippen LogP contribution in [0.1, 0.15) is 30.5 Å². The number of non-ortho nitro benzene ring substituents is 1. The minimum absolute atomic E-state index is 0.0191. The summed E-state index contributed by atoms with van der Waals surface area (Å²) in [5.41, 5.74) is 1.46. The van der Waals surface area contributed by atoms with E-state index < -0.39 is 4.92 Å². The summed E-state index contributed by atoms with van der Waals surface area (Å²) in [6.07, 6.45) is 3.60. The van der Waals surface area contributed by atoms with E-state index in [4.69, 9.17) is 9.47 Å². The first-order chi connectivity index (χ1) is 13.0. The monoisotopic (exact) mass is 370 g/mol. The molecule has 0 fully saturated rings. The minimum atomic E-state index is -0.471. The maximum absolute atomic E-state index is 12.3. The van der Waals surface area contributed by atoms with Gasteiger partial charge in [0.1, 0.15) is 0 Å². The Bertz CT molecular complexity index is 848. The molecular formula is C20H22N2O5. The second kappa shape index (κ2) is 9.38. The maximum atomic E-state index is 12.3. The van der Waals surface area contributed by atoms with Crippen LogP contribution in [-0.2, 0) is 4.79 Å². The van der Waals surface area contributed by atoms with E-state index in [9.17, 15) is 14.9 Å². The number of benzene rings is 2. The van der Waals surface area contributed by atoms with Crippen molar-refractivity contribution in [3.8, 4) is 11.5 Å². The summed E-state index contributed by atoms with van der Waals surface area (Å²) < 4.78 is 10.5. The highest BCUT2D eigenvalue weighted by Crippen LogP contribution is 2.30. The number of amides is 1. The molecule has 2 aromatic rings. The number of hydrogen-bond acceptors (Lipinski definition) is 5. The van der Waals surface area contributed by atoms with Gasteiger partial charge in [0.15, 0.2) is 11.5 Å². The lowest BCUT2D eigenvalue weighted by atomic mass is 10.0. The van der Waals surface area contributed by atoms with Gasteiger partial charge in [-0.3, -0.25) is 14.9 Å². The Morgan fingerprint density at radius 3 is 2.56 bits per heavy atom. The molecule has 0 aliphatic rings. The molecule has 27 heavy (non-hydrogen) atoms. The Morgan fingerprint density at radius 2 is 1.93 bits per heavy atom. The molecule has 142 valence electrons. The van der Waals surface area contributed by atoms with E-state index in [1.807, 2.05) is 19.1 Å². The van der Waals surface area contributed by atoms with Crippen LogP contribution < -0.4 is 14.8 Å². The van der Waals surface area contributed by atoms with Gasteiger partial charge in [-0.2, -0.15) is 0 Å². The van der Waals surface area contributed by atoms with E-state index in [1.54, 1.807) is 38.5 Å². The van der Waals surface area contributed by atoms with Crippen molar-refractivity contribution in [2.24, 2.45) is 0 Å². The van der Waals surface area contributed by atoms with E-state index in [0.717, 1.165) is 5.56 Å². The van der Waals surface area contributed by atoms with E-state index in [2.05, 4.69) is 5.32 Å². The highest BCUT2D eigenvalue weighted by atomic mass is 16.6. The van der Waals surface area contributed by atoms with Gasteiger partial charge in [-0.05, 0) is 35.8 Å². The molecule has 0 aromatic heterocycles. The van der Waals surface area contributed by atoms with Gasteiger partial charge in [-0.25, -0.2) is 0 Å². The summed E-state index contributed by atoms with van der Waals surface area (Å²) in [4.78, 5) is 22.6. The fraction of sp³-hybridized carbons (Fsp3) is 0.250. The van der Waals surface area contributed by atoms with Crippen LogP contribution in [0.3, 0.4) is 0 Å². The van der Waals surface area contributed by atoms with Crippen molar-refractivity contribution in [1.29, 1.82) is 0 Å². The topological polar surface area (TPSA) is 90.7 Å². The van der Waals surface area contributed by atoms with Gasteiger partial charge in [0.05, 0.1) is 25.2 Å². The number of nitro benzene ring substituents is 1. The lowest BCUT2D eigenvalue weighted by Crippen LogP contribution is -2.26. The molecule has 7 nitrogen and oxygen atoms in total. The van der Waals surface area contributed by atoms with Crippen LogP contribution in [0.5, 0.6) is 11.5 Å². The third-order valence-corrected chi connectivity index (χ3v) is 4.04. The largest absolute Gasteiger partial charge is 0.493 e. The van der Waals surface area contributed by atoms with Crippen LogP contribution >= 0.6 is 0 Å². The van der Waals surface area contributed by atoms with E-state index >= 15 is 0 Å². The average Bonchev–Trinajstić information content (AvgIpc) is 2.70. The molecule has 7 heteroatoms. The van der Waals surface area contributed by atoms with Crippen molar-refractivity contribution in [1.82, 2.24) is 5.32 Å². The molecule has 1 unspecified atom stereocenters. The summed E-state index contributed by atoms with van der Waals surface area (Å²) in [6.45, 7) is 1.96. The van der Waals surface area contributed by atoms with Crippen molar-refractivity contribution < 1.29 is 19.2 Å². The Kier molecular flexibility index (Phi) is 6.93. The van der Waals surface area contributed by atoms with Crippen molar-refractivity contribution in [2.75, 3.05) is 14.2 Å². The smallest absolute Gasteiger partial charge is 0.270 e. The molecule has 0 aliphatic carbocycles. The summed E-state index contributed by atoms with van der Waals surface area (Å²) >= 11 is 0. The molecule has 0 spiro atoms. The van der Waals surface area contributed by atoms with Crippen LogP contribution in [0, 0.1) is 10.1 Å². The van der Waals surface area contributed by atoms with Gasteiger partial charge >= 0.3 is 0 Å². The fourth-order valence-corrected chi connectivity index (χ4v) is 2.62. The van der Waals surface area contributed by atoms with Gasteiger partial charge in [0.25, 0.3) is 5.69 Å². The molecule has 1 amide bonds. The molecule has 0 saturated carbocycles. The van der Waals surface area contributed by atoms with Crippen LogP contribution in [0.25, 0.3) is 6.08 Å². The molecule has 0 aliphatic heterocycles. The first-order valence-corrected chi connectivity index (χ1v) is 8.43. The predicted octanol–water partition coefficient (Wildman–Crippen LogP) is 3.89. The number of nitro groups is 1. The Balaban J connectivity index is 2.11. The van der Waals surface area contributed by atoms with Crippen LogP contribution in [0.4, 0.5) is 5.69 Å². The van der Waals surface area contributed by atoms with Gasteiger partial charge in [-0.15, -0.1) is 0 Å². The number of methoxy groups -OCH3 is 2. The second-order valence-electron chi connectivity index (χ2n) is 5.77. The Labute approximate surface area is 157 Å². The summed E-state index contributed by atoms with van der Waals surface area (Å²) in [5, 5.41) is 13.7. The average molecular weight is 370 g/mol. The molecule has 0 heterocycles. The molecule has 0 radical (unpaired) electrons. The summed E-state index contributed by atoms with van der Waals surface area (Å²) in [5.74, 6) is 0.922. The Morgan fingerprint density at radius 1 is 1.19 bits per heavy atom. The normalized spacial score (nSPS) is 11.8. The van der Waals surface area contributed by atoms with Crippen LogP contribution in [-0.4, -0.2) is 25.1 Å². The third kappa shape index (κ3) is 5.31. The number of rotatable bonds is 8. The minimum Gasteiger partial charge on any atom is -0.493 e. The number of nitrogens with one attached hydrogen (secondary N) is 1. The molecule has 0 bridgehead atoms. The standard InChI is InChI=1S/C20H22N2O5/c1-4-17(15-9-10-18(26-2)19(13-15)27-3)21-20(23)11-8-14-6-5-7-16(12-14)22(24)25/h5-13,17H,4H2,1-3H3,(H,21,23)/b11-8+. The zero-order chi connectivity index (χ0) is 19.8. The highest BCUT2D eigenvalue weighted by Gasteiger charge is 2.14. The maximum Gasteiger partial charge on any atom is 0.270 e. The number of carbonyl (C=O) groups excluding carboxylic acids is 1. The number of carbonyl (C=O) groups is 1. The molecule has 1 atom stereocenters. The first kappa shape index (κ1) is 20.0. The third-order valence-electron chi connectivity index (χ3n) is 4.04. The highest BCUT2D eigenvalue weighted by molar-refractivity contribution is 5.92. The van der Waals surface area contributed by atoms with Crippen molar-refractivity contribution >= 4 is 17.7 Å². The molecule has 2 aromatic carbocycles. The van der Waals surface area contributed by atoms with Crippen LogP contribution in [0.2, 0.25) is 0 Å². The molecule has 2 rings (SSSR count). The van der Waals surface area contributed by atoms with E-state index in [1.165, 1.54) is 18.2 Å². The van der Waals surface area contributed by atoms with E-state index in [0.29, 0.717) is 23.5 Å². The molecule has 1 N–H and O–H groups in total. The van der Waals surface area contributed by atoms with Gasteiger partial charge < -0.3 is 14.8 Å². The quantitative estimate of drug-likeness (QED) is 0.432. The summed E-state index contributed by atoms with van der Waals surface area (Å²) in [6, 6.07) is 11.4. The number of nitrogens with zero attached hydrogens (tertiary/aromatic N) is 1. The van der Waals surface area contributed by atoms with Crippen molar-refractivity contribution in [2.45, 2.75) is 19.4 Å². The zero-order valence-corrected chi connectivity index (χ0v) is 15.5. The Hall–Kier alpha value is -3.35. The van der Waals surface area contributed by atoms with E-state index in [-0.39, 0.29) is 17.6 Å². The lowest BCUT2D eigenvalue weighted by molar-refractivity contribution is -0.384. The fourth-order valence-electron chi connectivity index (χ4n) is 2.62. The zero-order valence-electron chi connectivity index (χ0n) is 15.5. The van der Waals surface area contributed by atoms with Gasteiger partial charge in [0.2, 0.25) is 5.91 Å². The second-order valence-corrected chi connectivity index (χ2v) is 5.77. The first-order valence-electron chi connectivity index (χ1n) is 8.43. The molecular weight excluding hydrogens is 348 g/mol.